The molecule has 3 rings (SSSR count). The third kappa shape index (κ3) is 4.19. The Labute approximate surface area is 168 Å². The van der Waals surface area contributed by atoms with Gasteiger partial charge in [-0.1, -0.05) is 55.4 Å². The quantitative estimate of drug-likeness (QED) is 0.328. The summed E-state index contributed by atoms with van der Waals surface area (Å²) >= 11 is 1.52. The minimum Gasteiger partial charge on any atom is -0.465 e. The van der Waals surface area contributed by atoms with Crippen LogP contribution in [0.1, 0.15) is 50.7 Å². The van der Waals surface area contributed by atoms with E-state index in [2.05, 4.69) is 21.9 Å². The lowest BCUT2D eigenvalue weighted by Crippen LogP contribution is -2.36. The van der Waals surface area contributed by atoms with Gasteiger partial charge in [0.2, 0.25) is 0 Å². The van der Waals surface area contributed by atoms with Crippen LogP contribution in [0.4, 0.5) is 5.82 Å². The summed E-state index contributed by atoms with van der Waals surface area (Å²) < 4.78 is 5.29. The Morgan fingerprint density at radius 1 is 1.25 bits per heavy atom. The van der Waals surface area contributed by atoms with Crippen molar-refractivity contribution in [1.82, 2.24) is 9.97 Å². The number of aromatic nitrogens is 2. The van der Waals surface area contributed by atoms with E-state index in [9.17, 15) is 9.59 Å². The number of nitrogens with one attached hydrogen (secondary N) is 1. The zero-order valence-corrected chi connectivity index (χ0v) is 17.2. The fourth-order valence-corrected chi connectivity index (χ4v) is 4.34. The van der Waals surface area contributed by atoms with Crippen LogP contribution in [-0.4, -0.2) is 34.0 Å². The highest BCUT2D eigenvalue weighted by molar-refractivity contribution is 7.99. The summed E-state index contributed by atoms with van der Waals surface area (Å²) in [5, 5.41) is 0.565. The van der Waals surface area contributed by atoms with Gasteiger partial charge in [-0.05, 0) is 25.8 Å². The Balaban J connectivity index is 2.11. The van der Waals surface area contributed by atoms with Crippen LogP contribution in [0.15, 0.2) is 45.3 Å². The zero-order valence-electron chi connectivity index (χ0n) is 16.4. The molecule has 1 aliphatic rings. The average molecular weight is 400 g/mol. The van der Waals surface area contributed by atoms with E-state index in [0.29, 0.717) is 22.2 Å². The first-order valence-electron chi connectivity index (χ1n) is 9.60. The van der Waals surface area contributed by atoms with Gasteiger partial charge in [0.1, 0.15) is 5.92 Å². The first-order chi connectivity index (χ1) is 13.6. The highest BCUT2D eigenvalue weighted by Crippen LogP contribution is 2.40. The fraction of sp³-hybridized carbons (Fsp3) is 0.429. The summed E-state index contributed by atoms with van der Waals surface area (Å²) in [5.41, 5.74) is 1.66. The Morgan fingerprint density at radius 3 is 2.68 bits per heavy atom. The van der Waals surface area contributed by atoms with E-state index in [4.69, 9.17) is 4.74 Å². The largest absolute Gasteiger partial charge is 0.465 e. The van der Waals surface area contributed by atoms with Crippen molar-refractivity contribution in [3.05, 3.63) is 51.8 Å². The normalized spacial score (nSPS) is 18.3. The van der Waals surface area contributed by atoms with Gasteiger partial charge in [-0.3, -0.25) is 9.59 Å². The summed E-state index contributed by atoms with van der Waals surface area (Å²) in [6.45, 7) is 5.97. The molecule has 1 aromatic carbocycles. The highest BCUT2D eigenvalue weighted by atomic mass is 32.2. The molecular formula is C21H25N3O3S. The Bertz CT molecular complexity index is 924. The number of benzene rings is 1. The van der Waals surface area contributed by atoms with Crippen molar-refractivity contribution < 1.29 is 9.53 Å². The molecule has 0 aliphatic carbocycles. The number of H-pyrrole nitrogens is 1. The number of esters is 1. The van der Waals surface area contributed by atoms with Crippen LogP contribution in [0, 0.1) is 5.92 Å². The number of nitrogens with zero attached hydrogens (tertiary/aromatic N) is 2. The van der Waals surface area contributed by atoms with Crippen LogP contribution < -0.4 is 5.56 Å². The van der Waals surface area contributed by atoms with Crippen molar-refractivity contribution in [2.45, 2.75) is 44.7 Å². The van der Waals surface area contributed by atoms with Crippen LogP contribution >= 0.6 is 11.8 Å². The Kier molecular flexibility index (Phi) is 6.67. The van der Waals surface area contributed by atoms with Gasteiger partial charge >= 0.3 is 5.97 Å². The van der Waals surface area contributed by atoms with Crippen molar-refractivity contribution in [1.29, 1.82) is 0 Å². The van der Waals surface area contributed by atoms with Gasteiger partial charge in [0.05, 0.1) is 12.2 Å². The summed E-state index contributed by atoms with van der Waals surface area (Å²) in [5.74, 6) is -0.206. The molecule has 0 spiro atoms. The van der Waals surface area contributed by atoms with Crippen molar-refractivity contribution in [3.8, 4) is 0 Å². The summed E-state index contributed by atoms with van der Waals surface area (Å²) in [6, 6.07) is 9.54. The molecule has 7 heteroatoms. The molecule has 0 fully saturated rings. The Morgan fingerprint density at radius 2 is 2.00 bits per heavy atom. The van der Waals surface area contributed by atoms with Crippen LogP contribution in [0.25, 0.3) is 0 Å². The number of ether oxygens (including phenoxy) is 1. The molecular weight excluding hydrogens is 374 g/mol. The zero-order chi connectivity index (χ0) is 20.1. The lowest BCUT2D eigenvalue weighted by atomic mass is 9.77. The highest BCUT2D eigenvalue weighted by Gasteiger charge is 2.41. The SMILES string of the molecule is CCCCSc1nc2c(c(=O)[nH]1)C(c1ccccc1)C(C(=O)OCC)C(C)=N2. The van der Waals surface area contributed by atoms with Crippen LogP contribution in [-0.2, 0) is 9.53 Å². The van der Waals surface area contributed by atoms with Crippen molar-refractivity contribution in [2.24, 2.45) is 10.9 Å². The number of hydrogen-bond acceptors (Lipinski definition) is 6. The lowest BCUT2D eigenvalue weighted by molar-refractivity contribution is -0.146. The van der Waals surface area contributed by atoms with E-state index in [1.807, 2.05) is 30.3 Å². The van der Waals surface area contributed by atoms with Crippen molar-refractivity contribution in [2.75, 3.05) is 12.4 Å². The molecule has 28 heavy (non-hydrogen) atoms. The van der Waals surface area contributed by atoms with Gasteiger partial charge in [-0.25, -0.2) is 9.98 Å². The standard InChI is InChI=1S/C21H25N3O3S/c1-4-6-12-28-21-23-18-17(19(25)24-21)16(14-10-8-7-9-11-14)15(13(3)22-18)20(26)27-5-2/h7-11,15-16H,4-6,12H2,1-3H3,(H,23,24,25). The monoisotopic (exact) mass is 399 g/mol. The molecule has 2 atom stereocenters. The molecule has 2 heterocycles. The second-order valence-corrected chi connectivity index (χ2v) is 7.77. The van der Waals surface area contributed by atoms with E-state index in [0.717, 1.165) is 24.2 Å². The van der Waals surface area contributed by atoms with Gasteiger partial charge in [0.25, 0.3) is 5.56 Å². The molecule has 6 nitrogen and oxygen atoms in total. The molecule has 1 aromatic heterocycles. The molecule has 0 saturated carbocycles. The maximum Gasteiger partial charge on any atom is 0.315 e. The van der Waals surface area contributed by atoms with E-state index < -0.39 is 11.8 Å². The maximum absolute atomic E-state index is 13.0. The molecule has 0 radical (unpaired) electrons. The molecule has 2 aromatic rings. The third-order valence-corrected chi connectivity index (χ3v) is 5.69. The molecule has 0 saturated heterocycles. The molecule has 148 valence electrons. The number of unbranched alkanes of at least 4 members (excludes halogenated alkanes) is 1. The molecule has 2 unspecified atom stereocenters. The summed E-state index contributed by atoms with van der Waals surface area (Å²) in [7, 11) is 0. The smallest absolute Gasteiger partial charge is 0.315 e. The van der Waals surface area contributed by atoms with Crippen molar-refractivity contribution >= 4 is 29.3 Å². The van der Waals surface area contributed by atoms with E-state index in [1.54, 1.807) is 13.8 Å². The van der Waals surface area contributed by atoms with E-state index in [1.165, 1.54) is 11.8 Å². The molecule has 1 aliphatic heterocycles. The number of carbonyl (C=O) groups excluding carboxylic acids is 1. The van der Waals surface area contributed by atoms with Gasteiger partial charge in [0, 0.05) is 17.4 Å². The van der Waals surface area contributed by atoms with Gasteiger partial charge < -0.3 is 9.72 Å². The topological polar surface area (TPSA) is 84.4 Å². The average Bonchev–Trinajstić information content (AvgIpc) is 2.68. The maximum atomic E-state index is 13.0. The lowest BCUT2D eigenvalue weighted by Gasteiger charge is -2.30. The minimum atomic E-state index is -0.642. The van der Waals surface area contributed by atoms with Gasteiger partial charge in [0.15, 0.2) is 11.0 Å². The number of aromatic amines is 1. The summed E-state index contributed by atoms with van der Waals surface area (Å²) in [6.07, 6.45) is 2.13. The Hall–Kier alpha value is -2.41. The van der Waals surface area contributed by atoms with Crippen molar-refractivity contribution in [3.63, 3.8) is 0 Å². The fourth-order valence-electron chi connectivity index (χ4n) is 3.40. The van der Waals surface area contributed by atoms with Crippen LogP contribution in [0.3, 0.4) is 0 Å². The molecule has 0 amide bonds. The second-order valence-electron chi connectivity index (χ2n) is 6.68. The molecule has 1 N–H and O–H groups in total. The summed E-state index contributed by atoms with van der Waals surface area (Å²) in [4.78, 5) is 37.7. The van der Waals surface area contributed by atoms with E-state index >= 15 is 0 Å². The van der Waals surface area contributed by atoms with Crippen LogP contribution in [0.2, 0.25) is 0 Å². The van der Waals surface area contributed by atoms with Crippen LogP contribution in [0.5, 0.6) is 0 Å². The molecule has 0 bridgehead atoms. The number of thioether (sulfide) groups is 1. The van der Waals surface area contributed by atoms with E-state index in [-0.39, 0.29) is 18.1 Å². The first-order valence-corrected chi connectivity index (χ1v) is 10.6. The predicted molar refractivity (Wildman–Crippen MR) is 112 cm³/mol. The van der Waals surface area contributed by atoms with Gasteiger partial charge in [-0.2, -0.15) is 0 Å². The number of rotatable bonds is 7. The number of hydrogen-bond donors (Lipinski definition) is 1. The van der Waals surface area contributed by atoms with Gasteiger partial charge in [-0.15, -0.1) is 0 Å². The number of fused-ring (bicyclic) bond motifs is 1. The number of carbonyl (C=O) groups is 1. The minimum absolute atomic E-state index is 0.247. The first kappa shape index (κ1) is 20.3. The number of aliphatic imine (C=N–C) groups is 1. The third-order valence-electron chi connectivity index (χ3n) is 4.73. The second kappa shape index (κ2) is 9.19. The predicted octanol–water partition coefficient (Wildman–Crippen LogP) is 4.08.